The first-order valence-corrected chi connectivity index (χ1v) is 9.15. The summed E-state index contributed by atoms with van der Waals surface area (Å²) in [5.74, 6) is -1.25. The first-order chi connectivity index (χ1) is 9.52. The predicted molar refractivity (Wildman–Crippen MR) is 84.6 cm³/mol. The van der Waals surface area contributed by atoms with Crippen LogP contribution in [0.3, 0.4) is 0 Å². The zero-order valence-electron chi connectivity index (χ0n) is 13.5. The van der Waals surface area contributed by atoms with Gasteiger partial charge in [-0.05, 0) is 6.42 Å². The van der Waals surface area contributed by atoms with Gasteiger partial charge in [0.1, 0.15) is 5.75 Å². The first-order valence-electron chi connectivity index (χ1n) is 7.57. The van der Waals surface area contributed by atoms with Crippen molar-refractivity contribution in [3.05, 3.63) is 0 Å². The van der Waals surface area contributed by atoms with Gasteiger partial charge in [-0.1, -0.05) is 58.3 Å². The van der Waals surface area contributed by atoms with E-state index in [9.17, 15) is 13.2 Å². The Kier molecular flexibility index (Phi) is 18.4. The summed E-state index contributed by atoms with van der Waals surface area (Å²) in [6.07, 6.45) is 10.3. The van der Waals surface area contributed by atoms with Crippen molar-refractivity contribution in [2.24, 2.45) is 0 Å². The third-order valence-electron chi connectivity index (χ3n) is 3.05. The van der Waals surface area contributed by atoms with Crippen LogP contribution in [0.15, 0.2) is 0 Å². The van der Waals surface area contributed by atoms with Crippen LogP contribution in [-0.4, -0.2) is 83.2 Å². The molecule has 0 aliphatic carbocycles. The van der Waals surface area contributed by atoms with Gasteiger partial charge in [0.05, 0.1) is 6.61 Å². The molecule has 0 bridgehead atoms. The topological polar surface area (TPSA) is 80.7 Å². The van der Waals surface area contributed by atoms with Crippen LogP contribution in [0.5, 0.6) is 0 Å². The Morgan fingerprint density at radius 3 is 1.90 bits per heavy atom. The van der Waals surface area contributed by atoms with Crippen LogP contribution in [0, 0.1) is 0 Å². The Hall–Kier alpha value is 1.02. The van der Waals surface area contributed by atoms with E-state index in [1.807, 2.05) is 0 Å². The molecule has 21 heavy (non-hydrogen) atoms. The molecule has 0 aromatic carbocycles. The summed E-state index contributed by atoms with van der Waals surface area (Å²) < 4.78 is 26.5. The van der Waals surface area contributed by atoms with Crippen molar-refractivity contribution in [3.8, 4) is 0 Å². The summed E-state index contributed by atoms with van der Waals surface area (Å²) in [6.45, 7) is 1.66. The molecule has 0 saturated carbocycles. The van der Waals surface area contributed by atoms with Crippen LogP contribution >= 0.6 is 0 Å². The van der Waals surface area contributed by atoms with Crippen LogP contribution in [0.4, 0.5) is 0 Å². The van der Waals surface area contributed by atoms with Crippen LogP contribution in [-0.2, 0) is 19.1 Å². The van der Waals surface area contributed by atoms with Crippen molar-refractivity contribution in [3.63, 3.8) is 0 Å². The zero-order valence-corrected chi connectivity index (χ0v) is 17.4. The molecule has 0 aromatic rings. The molecule has 1 radical (unpaired) electrons. The molecule has 0 aliphatic rings. The van der Waals surface area contributed by atoms with Gasteiger partial charge in [-0.25, -0.2) is 0 Å². The Morgan fingerprint density at radius 2 is 1.43 bits per heavy atom. The maximum atomic E-state index is 11.3. The van der Waals surface area contributed by atoms with E-state index >= 15 is 0 Å². The van der Waals surface area contributed by atoms with Crippen LogP contribution < -0.4 is 0 Å². The molecule has 0 amide bonds. The minimum absolute atomic E-state index is 0. The normalized spacial score (nSPS) is 11.0. The van der Waals surface area contributed by atoms with Crippen molar-refractivity contribution in [2.45, 2.75) is 71.1 Å². The van der Waals surface area contributed by atoms with Crippen LogP contribution in [0.2, 0.25) is 0 Å². The monoisotopic (exact) mass is 347 g/mol. The molecular weight excluding hydrogens is 319 g/mol. The molecule has 7 heteroatoms. The number of hydrogen-bond acceptors (Lipinski definition) is 5. The molecule has 0 aromatic heterocycles. The second-order valence-corrected chi connectivity index (χ2v) is 6.71. The number of rotatable bonds is 13. The third kappa shape index (κ3) is 17.2. The average molecular weight is 348 g/mol. The number of hydrogen-bond donors (Lipinski definition) is 1. The summed E-state index contributed by atoms with van der Waals surface area (Å²) in [5, 5.41) is 8.49. The third-order valence-corrected chi connectivity index (χ3v) is 4.17. The molecule has 0 aliphatic heterocycles. The summed E-state index contributed by atoms with van der Waals surface area (Å²) in [5.41, 5.74) is 0. The Morgan fingerprint density at radius 1 is 0.952 bits per heavy atom. The molecule has 0 saturated heterocycles. The predicted octanol–water partition coefficient (Wildman–Crippen LogP) is 2.39. The Labute approximate surface area is 171 Å². The van der Waals surface area contributed by atoms with E-state index in [0.717, 1.165) is 12.8 Å². The summed E-state index contributed by atoms with van der Waals surface area (Å²) in [6, 6.07) is 0. The molecule has 0 atom stereocenters. The van der Waals surface area contributed by atoms with E-state index in [0.29, 0.717) is 6.42 Å². The van der Waals surface area contributed by atoms with Gasteiger partial charge in [0.25, 0.3) is 0 Å². The van der Waals surface area contributed by atoms with E-state index < -0.39 is 28.4 Å². The fourth-order valence-corrected chi connectivity index (χ4v) is 2.59. The summed E-state index contributed by atoms with van der Waals surface area (Å²) in [7, 11) is -3.89. The molecule has 0 spiro atoms. The molecule has 0 fully saturated rings. The van der Waals surface area contributed by atoms with E-state index in [1.165, 1.54) is 38.5 Å². The minimum Gasteiger partial charge on any atom is -0.395 e. The smallest absolute Gasteiger partial charge is 0.322 e. The standard InChI is InChI=1S/C14H28O5S.K/c1-2-3-4-5-6-7-8-9-10-11-14(16)19-20(17,18)13-12-15;/h15H,2-13H2,1H3;. The van der Waals surface area contributed by atoms with Gasteiger partial charge >= 0.3 is 16.1 Å². The SMILES string of the molecule is CCCCCCCCCCCC(=O)OS(=O)(=O)CCO.[K]. The molecule has 0 rings (SSSR count). The molecule has 121 valence electrons. The molecule has 5 nitrogen and oxygen atoms in total. The van der Waals surface area contributed by atoms with Crippen LogP contribution in [0.25, 0.3) is 0 Å². The van der Waals surface area contributed by atoms with Gasteiger partial charge in [-0.2, -0.15) is 8.42 Å². The molecule has 1 N–H and O–H groups in total. The summed E-state index contributed by atoms with van der Waals surface area (Å²) >= 11 is 0. The van der Waals surface area contributed by atoms with Gasteiger partial charge in [-0.3, -0.25) is 4.79 Å². The molecule has 0 unspecified atom stereocenters. The second-order valence-electron chi connectivity index (χ2n) is 5.02. The van der Waals surface area contributed by atoms with Crippen LogP contribution in [0.1, 0.15) is 71.1 Å². The van der Waals surface area contributed by atoms with Crippen molar-refractivity contribution in [1.29, 1.82) is 0 Å². The van der Waals surface area contributed by atoms with Crippen molar-refractivity contribution >= 4 is 67.5 Å². The number of carbonyl (C=O) groups is 1. The summed E-state index contributed by atoms with van der Waals surface area (Å²) in [4.78, 5) is 11.3. The Bertz CT molecular complexity index is 343. The molecule has 0 heterocycles. The van der Waals surface area contributed by atoms with Gasteiger partial charge < -0.3 is 9.29 Å². The van der Waals surface area contributed by atoms with Crippen molar-refractivity contribution in [2.75, 3.05) is 12.4 Å². The average Bonchev–Trinajstić information content (AvgIpc) is 2.36. The fraction of sp³-hybridized carbons (Fsp3) is 0.929. The molecular formula is C14H28KO5S. The van der Waals surface area contributed by atoms with Gasteiger partial charge in [-0.15, -0.1) is 0 Å². The number of unbranched alkanes of at least 4 members (excludes halogenated alkanes) is 8. The second kappa shape index (κ2) is 15.9. The number of carbonyl (C=O) groups excluding carboxylic acids is 1. The largest absolute Gasteiger partial charge is 0.395 e. The number of aliphatic hydroxyl groups is 1. The van der Waals surface area contributed by atoms with E-state index in [4.69, 9.17) is 5.11 Å². The van der Waals surface area contributed by atoms with Crippen molar-refractivity contribution in [1.82, 2.24) is 0 Å². The van der Waals surface area contributed by atoms with E-state index in [-0.39, 0.29) is 57.8 Å². The van der Waals surface area contributed by atoms with E-state index in [2.05, 4.69) is 11.1 Å². The minimum atomic E-state index is -3.89. The first kappa shape index (κ1) is 24.3. The zero-order chi connectivity index (χ0) is 15.3. The van der Waals surface area contributed by atoms with Gasteiger partial charge in [0, 0.05) is 57.8 Å². The van der Waals surface area contributed by atoms with Crippen molar-refractivity contribution < 1.29 is 22.5 Å². The van der Waals surface area contributed by atoms with Gasteiger partial charge in [0.2, 0.25) is 0 Å². The van der Waals surface area contributed by atoms with Gasteiger partial charge in [0.15, 0.2) is 0 Å². The quantitative estimate of drug-likeness (QED) is 0.314. The van der Waals surface area contributed by atoms with E-state index in [1.54, 1.807) is 0 Å². The maximum Gasteiger partial charge on any atom is 0.322 e. The number of aliphatic hydroxyl groups excluding tert-OH is 1. The maximum absolute atomic E-state index is 11.3. The fourth-order valence-electron chi connectivity index (χ4n) is 1.92. The Balaban J connectivity index is 0.